The first-order valence-electron chi connectivity index (χ1n) is 25.2. The van der Waals surface area contributed by atoms with E-state index >= 15 is 0 Å². The van der Waals surface area contributed by atoms with Crippen molar-refractivity contribution in [3.63, 3.8) is 0 Å². The fourth-order valence-corrected chi connectivity index (χ4v) is 7.31. The first kappa shape index (κ1) is 65.8. The van der Waals surface area contributed by atoms with Crippen LogP contribution in [0.4, 0.5) is 23.2 Å². The van der Waals surface area contributed by atoms with E-state index in [1.54, 1.807) is 18.2 Å². The molecule has 2 aromatic carbocycles. The van der Waals surface area contributed by atoms with E-state index in [4.69, 9.17) is 62.5 Å². The zero-order valence-corrected chi connectivity index (χ0v) is 44.8. The van der Waals surface area contributed by atoms with Crippen LogP contribution >= 0.6 is 0 Å². The Kier molecular flexibility index (Phi) is 31.1. The SMILES string of the molecule is CCCN(OCC)C(=O)C1=Cc2ccc(-c3ccc(C(=O)NCCOCCOCCOCCOCCOCCOCCOCCOCCOCCOCCC(=O)Oc4c(F)c(F)c(S(=O)(=O)O)c(F)c4F)nn3)cc2N=C(N)C1. The molecule has 0 spiro atoms. The number of halogens is 4. The maximum absolute atomic E-state index is 14.0. The first-order chi connectivity index (χ1) is 38.2. The van der Waals surface area contributed by atoms with Gasteiger partial charge in [-0.15, -0.1) is 10.2 Å². The lowest BCUT2D eigenvalue weighted by molar-refractivity contribution is -0.180. The number of nitrogens with two attached hydrogens (primary N) is 1. The third-order valence-corrected chi connectivity index (χ3v) is 11.3. The van der Waals surface area contributed by atoms with Crippen molar-refractivity contribution in [2.75, 3.05) is 152 Å². The lowest BCUT2D eigenvalue weighted by atomic mass is 10.0. The van der Waals surface area contributed by atoms with Crippen molar-refractivity contribution < 1.29 is 102 Å². The Bertz CT molecular complexity index is 2500. The zero-order chi connectivity index (χ0) is 57.3. The summed E-state index contributed by atoms with van der Waals surface area (Å²) in [4.78, 5) is 45.5. The van der Waals surface area contributed by atoms with E-state index in [9.17, 15) is 40.4 Å². The van der Waals surface area contributed by atoms with Gasteiger partial charge in [-0.25, -0.2) is 18.8 Å². The van der Waals surface area contributed by atoms with Crippen molar-refractivity contribution in [1.82, 2.24) is 20.6 Å². The van der Waals surface area contributed by atoms with Crippen LogP contribution < -0.4 is 15.8 Å². The molecule has 4 N–H and O–H groups in total. The minimum atomic E-state index is -5.65. The molecule has 0 radical (unpaired) electrons. The summed E-state index contributed by atoms with van der Waals surface area (Å²) in [5, 5.41) is 12.5. The van der Waals surface area contributed by atoms with Crippen molar-refractivity contribution in [3.8, 4) is 17.0 Å². The molecule has 0 unspecified atom stereocenters. The van der Waals surface area contributed by atoms with Crippen LogP contribution in [0.25, 0.3) is 17.3 Å². The normalized spacial score (nSPS) is 12.4. The summed E-state index contributed by atoms with van der Waals surface area (Å²) < 4.78 is 145. The zero-order valence-electron chi connectivity index (χ0n) is 44.0. The molecular formula is C50H68F4N6O18S. The number of benzene rings is 2. The average molecular weight is 1150 g/mol. The number of hydrogen-bond acceptors (Lipinski definition) is 21. The Balaban J connectivity index is 0.863. The van der Waals surface area contributed by atoms with Gasteiger partial charge in [0.05, 0.1) is 157 Å². The van der Waals surface area contributed by atoms with Gasteiger partial charge in [0, 0.05) is 36.2 Å². The smallest absolute Gasteiger partial charge is 0.313 e. The summed E-state index contributed by atoms with van der Waals surface area (Å²) in [5.74, 6) is -13.0. The number of nitrogens with one attached hydrogen (secondary N) is 1. The summed E-state index contributed by atoms with van der Waals surface area (Å²) in [7, 11) is -5.65. The highest BCUT2D eigenvalue weighted by Crippen LogP contribution is 2.33. The standard InChI is InChI=1S/C50H68F4N6O18S/c1-3-11-60(77-4-2)50(63)37-32-35-5-6-36(33-40(35)57-41(55)34-37)38-7-8-39(59-58-38)49(62)56-10-13-68-15-17-70-19-21-72-23-25-74-27-29-76-31-30-75-28-26-73-24-22-71-20-18-69-16-14-67-12-9-42(61)78-47-43(51)45(53)48(79(64,65)66)46(54)44(47)52/h5-8,32-33H,3-4,9-31,34H2,1-2H3,(H2,55,57)(H,56,62)(H,64,65,66). The fourth-order valence-electron chi connectivity index (χ4n) is 6.67. The Morgan fingerprint density at radius 2 is 1.14 bits per heavy atom. The van der Waals surface area contributed by atoms with Crippen molar-refractivity contribution in [1.29, 1.82) is 0 Å². The highest BCUT2D eigenvalue weighted by Gasteiger charge is 2.34. The second kappa shape index (κ2) is 37.3. The average Bonchev–Trinajstić information content (AvgIpc) is 3.63. The Morgan fingerprint density at radius 3 is 1.58 bits per heavy atom. The number of hydrogen-bond donors (Lipinski definition) is 3. The maximum Gasteiger partial charge on any atom is 0.313 e. The first-order valence-corrected chi connectivity index (χ1v) is 26.7. The summed E-state index contributed by atoms with van der Waals surface area (Å²) in [5.41, 5.74) is 9.38. The number of aromatic nitrogens is 2. The van der Waals surface area contributed by atoms with Gasteiger partial charge in [0.1, 0.15) is 5.84 Å². The van der Waals surface area contributed by atoms with Gasteiger partial charge in [0.15, 0.2) is 22.2 Å². The van der Waals surface area contributed by atoms with Crippen molar-refractivity contribution in [2.24, 2.45) is 10.7 Å². The third kappa shape index (κ3) is 24.3. The van der Waals surface area contributed by atoms with Crippen LogP contribution in [0.3, 0.4) is 0 Å². The summed E-state index contributed by atoms with van der Waals surface area (Å²) in [6.07, 6.45) is 2.12. The van der Waals surface area contributed by atoms with E-state index in [0.29, 0.717) is 134 Å². The number of amides is 2. The molecule has 0 atom stereocenters. The van der Waals surface area contributed by atoms with Crippen LogP contribution in [0.2, 0.25) is 0 Å². The number of aliphatic imine (C=N–C) groups is 1. The van der Waals surface area contributed by atoms with Crippen LogP contribution in [0, 0.1) is 23.3 Å². The Labute approximate surface area is 454 Å². The molecule has 440 valence electrons. The van der Waals surface area contributed by atoms with Gasteiger partial charge in [-0.05, 0) is 37.6 Å². The summed E-state index contributed by atoms with van der Waals surface area (Å²) in [6.45, 7) is 10.6. The molecule has 3 aromatic rings. The summed E-state index contributed by atoms with van der Waals surface area (Å²) in [6, 6.07) is 8.76. The van der Waals surface area contributed by atoms with Gasteiger partial charge in [0.2, 0.25) is 17.4 Å². The minimum absolute atomic E-state index is 0.0153. The molecule has 1 aliphatic heterocycles. The summed E-state index contributed by atoms with van der Waals surface area (Å²) >= 11 is 0. The Hall–Kier alpha value is -5.67. The number of esters is 1. The predicted octanol–water partition coefficient (Wildman–Crippen LogP) is 3.80. The second-order valence-corrected chi connectivity index (χ2v) is 17.7. The molecule has 0 aliphatic carbocycles. The number of carbonyl (C=O) groups is 3. The topological polar surface area (TPSA) is 296 Å². The van der Waals surface area contributed by atoms with E-state index < -0.39 is 62.3 Å². The van der Waals surface area contributed by atoms with Crippen LogP contribution in [0.5, 0.6) is 5.75 Å². The number of ether oxygens (including phenoxy) is 11. The van der Waals surface area contributed by atoms with Crippen molar-refractivity contribution in [2.45, 2.75) is 38.0 Å². The molecule has 2 heterocycles. The van der Waals surface area contributed by atoms with Crippen LogP contribution in [-0.4, -0.2) is 204 Å². The molecule has 0 fully saturated rings. The number of nitrogens with zero attached hydrogens (tertiary/aromatic N) is 4. The molecule has 0 bridgehead atoms. The van der Waals surface area contributed by atoms with Gasteiger partial charge < -0.3 is 63.2 Å². The number of hydroxylamine groups is 2. The predicted molar refractivity (Wildman–Crippen MR) is 272 cm³/mol. The largest absolute Gasteiger partial charge is 0.420 e. The molecule has 1 aromatic heterocycles. The van der Waals surface area contributed by atoms with E-state index in [1.807, 2.05) is 32.0 Å². The van der Waals surface area contributed by atoms with Crippen LogP contribution in [0.1, 0.15) is 49.2 Å². The number of amidine groups is 1. The lowest BCUT2D eigenvalue weighted by Gasteiger charge is -2.21. The highest BCUT2D eigenvalue weighted by atomic mass is 32.2. The minimum Gasteiger partial charge on any atom is -0.420 e. The monoisotopic (exact) mass is 1150 g/mol. The van der Waals surface area contributed by atoms with Gasteiger partial charge in [0.25, 0.3) is 11.8 Å². The molecule has 79 heavy (non-hydrogen) atoms. The van der Waals surface area contributed by atoms with Crippen molar-refractivity contribution in [3.05, 3.63) is 70.4 Å². The van der Waals surface area contributed by atoms with E-state index in [0.717, 1.165) is 12.0 Å². The van der Waals surface area contributed by atoms with Gasteiger partial charge in [-0.3, -0.25) is 23.8 Å². The molecule has 29 heteroatoms. The van der Waals surface area contributed by atoms with Gasteiger partial charge >= 0.3 is 16.1 Å². The number of fused-ring (bicyclic) bond motifs is 1. The van der Waals surface area contributed by atoms with E-state index in [2.05, 4.69) is 25.2 Å². The molecule has 1 aliphatic rings. The molecule has 0 saturated heterocycles. The Morgan fingerprint density at radius 1 is 0.658 bits per heavy atom. The highest BCUT2D eigenvalue weighted by molar-refractivity contribution is 7.85. The third-order valence-electron chi connectivity index (χ3n) is 10.4. The van der Waals surface area contributed by atoms with E-state index in [1.165, 1.54) is 5.06 Å². The number of carbonyl (C=O) groups excluding carboxylic acids is 3. The molecular weight excluding hydrogens is 1080 g/mol. The van der Waals surface area contributed by atoms with Gasteiger partial charge in [-0.2, -0.15) is 17.2 Å². The quantitative estimate of drug-likeness (QED) is 0.0138. The van der Waals surface area contributed by atoms with Crippen LogP contribution in [0.15, 0.2) is 45.8 Å². The van der Waals surface area contributed by atoms with Gasteiger partial charge in [-0.1, -0.05) is 19.1 Å². The number of rotatable bonds is 42. The van der Waals surface area contributed by atoms with E-state index in [-0.39, 0.29) is 64.2 Å². The maximum atomic E-state index is 14.0. The van der Waals surface area contributed by atoms with Crippen molar-refractivity contribution >= 4 is 45.5 Å². The molecule has 2 amide bonds. The fraction of sp³-hybridized carbons (Fsp3) is 0.560. The molecule has 0 saturated carbocycles. The van der Waals surface area contributed by atoms with Crippen LogP contribution in [-0.2, 0) is 71.9 Å². The molecule has 4 rings (SSSR count). The molecule has 24 nitrogen and oxygen atoms in total. The lowest BCUT2D eigenvalue weighted by Crippen LogP contribution is -2.34. The second-order valence-electron chi connectivity index (χ2n) is 16.3.